The van der Waals surface area contributed by atoms with Gasteiger partial charge in [0.05, 0.1) is 5.25 Å². The summed E-state index contributed by atoms with van der Waals surface area (Å²) in [6, 6.07) is 7.61. The minimum atomic E-state index is -0.346. The first kappa shape index (κ1) is 19.5. The maximum atomic E-state index is 6.11. The van der Waals surface area contributed by atoms with Gasteiger partial charge in [0, 0.05) is 13.0 Å². The molecule has 0 amide bonds. The van der Waals surface area contributed by atoms with Crippen molar-refractivity contribution in [2.24, 2.45) is 0 Å². The summed E-state index contributed by atoms with van der Waals surface area (Å²) >= 11 is 1.51. The molecule has 0 aliphatic carbocycles. The molecule has 0 N–H and O–H groups in total. The van der Waals surface area contributed by atoms with Crippen LogP contribution in [0.3, 0.4) is 0 Å². The molecule has 1 aliphatic heterocycles. The van der Waals surface area contributed by atoms with E-state index in [1.54, 1.807) is 0 Å². The van der Waals surface area contributed by atoms with Crippen molar-refractivity contribution in [1.29, 1.82) is 0 Å². The molecule has 0 bridgehead atoms. The molecule has 0 saturated carbocycles. The largest absolute Gasteiger partial charge is 0.485 e. The van der Waals surface area contributed by atoms with E-state index < -0.39 is 0 Å². The highest BCUT2D eigenvalue weighted by Gasteiger charge is 2.29. The lowest BCUT2D eigenvalue weighted by atomic mass is 10.2. The van der Waals surface area contributed by atoms with Gasteiger partial charge in [0.15, 0.2) is 34.4 Å². The lowest BCUT2D eigenvalue weighted by Gasteiger charge is -2.26. The monoisotopic (exact) mass is 413 g/mol. The van der Waals surface area contributed by atoms with E-state index >= 15 is 0 Å². The van der Waals surface area contributed by atoms with Gasteiger partial charge in [0.25, 0.3) is 0 Å². The van der Waals surface area contributed by atoms with Gasteiger partial charge >= 0.3 is 0 Å². The van der Waals surface area contributed by atoms with Crippen LogP contribution in [-0.2, 0) is 13.0 Å². The van der Waals surface area contributed by atoms with Gasteiger partial charge in [-0.15, -0.1) is 16.8 Å². The van der Waals surface area contributed by atoms with Gasteiger partial charge in [-0.2, -0.15) is 4.98 Å². The van der Waals surface area contributed by atoms with Crippen molar-refractivity contribution in [3.05, 3.63) is 54.5 Å². The Balaban J connectivity index is 1.54. The summed E-state index contributed by atoms with van der Waals surface area (Å²) in [6.45, 7) is 8.89. The van der Waals surface area contributed by atoms with Crippen molar-refractivity contribution in [1.82, 2.24) is 24.9 Å². The molecule has 8 nitrogen and oxygen atoms in total. The Labute approximate surface area is 173 Å². The summed E-state index contributed by atoms with van der Waals surface area (Å²) in [5.74, 6) is 3.45. The summed E-state index contributed by atoms with van der Waals surface area (Å²) in [6.07, 6.45) is 3.25. The first-order valence-electron chi connectivity index (χ1n) is 9.61. The van der Waals surface area contributed by atoms with Crippen LogP contribution >= 0.6 is 11.8 Å². The zero-order chi connectivity index (χ0) is 20.2. The number of ether oxygens (including phenoxy) is 2. The van der Waals surface area contributed by atoms with E-state index in [1.165, 1.54) is 11.8 Å². The maximum absolute atomic E-state index is 6.11. The van der Waals surface area contributed by atoms with Crippen molar-refractivity contribution in [3.63, 3.8) is 0 Å². The van der Waals surface area contributed by atoms with Crippen LogP contribution in [0.2, 0.25) is 0 Å². The quantitative estimate of drug-likeness (QED) is 0.402. The zero-order valence-corrected chi connectivity index (χ0v) is 17.3. The Morgan fingerprint density at radius 1 is 1.31 bits per heavy atom. The Hall–Kier alpha value is -2.81. The van der Waals surface area contributed by atoms with Crippen LogP contribution in [0.25, 0.3) is 0 Å². The Kier molecular flexibility index (Phi) is 5.84. The minimum absolute atomic E-state index is 0.0574. The first-order chi connectivity index (χ1) is 14.2. The summed E-state index contributed by atoms with van der Waals surface area (Å²) < 4.78 is 19.3. The van der Waals surface area contributed by atoms with Gasteiger partial charge in [0.1, 0.15) is 6.61 Å². The lowest BCUT2D eigenvalue weighted by Crippen LogP contribution is -2.25. The average molecular weight is 414 g/mol. The standard InChI is InChI=1S/C20H23N5O3S/c1-4-8-17-21-19(28-24-17)13(3)29-20-23-22-18(25(20)11-5-2)16-12-26-14-9-6-7-10-15(14)27-16/h5-7,9-10,13,16H,2,4,8,11-12H2,1,3H3. The molecule has 152 valence electrons. The van der Waals surface area contributed by atoms with E-state index in [9.17, 15) is 0 Å². The van der Waals surface area contributed by atoms with Crippen molar-refractivity contribution in [2.75, 3.05) is 6.61 Å². The molecule has 0 spiro atoms. The Bertz CT molecular complexity index is 986. The molecule has 0 radical (unpaired) electrons. The number of hydrogen-bond donors (Lipinski definition) is 0. The third-order valence-corrected chi connectivity index (χ3v) is 5.51. The predicted molar refractivity (Wildman–Crippen MR) is 108 cm³/mol. The third-order valence-electron chi connectivity index (χ3n) is 4.44. The number of nitrogens with zero attached hydrogens (tertiary/aromatic N) is 5. The molecule has 2 aromatic heterocycles. The first-order valence-corrected chi connectivity index (χ1v) is 10.5. The molecule has 1 aromatic carbocycles. The number of aromatic nitrogens is 5. The second-order valence-corrected chi connectivity index (χ2v) is 7.97. The summed E-state index contributed by atoms with van der Waals surface area (Å²) in [7, 11) is 0. The number of benzene rings is 1. The maximum Gasteiger partial charge on any atom is 0.239 e. The second kappa shape index (κ2) is 8.69. The van der Waals surface area contributed by atoms with Crippen molar-refractivity contribution >= 4 is 11.8 Å². The van der Waals surface area contributed by atoms with Crippen molar-refractivity contribution < 1.29 is 14.0 Å². The SMILES string of the molecule is C=CCn1c(SC(C)c2nc(CCC)no2)nnc1C1COc2ccccc2O1. The number of fused-ring (bicyclic) bond motifs is 1. The number of thioether (sulfide) groups is 1. The second-order valence-electron chi connectivity index (χ2n) is 6.66. The molecule has 2 atom stereocenters. The highest BCUT2D eigenvalue weighted by molar-refractivity contribution is 7.99. The van der Waals surface area contributed by atoms with E-state index in [1.807, 2.05) is 41.8 Å². The van der Waals surface area contributed by atoms with Crippen molar-refractivity contribution in [2.45, 2.75) is 49.7 Å². The molecule has 3 aromatic rings. The number of para-hydroxylation sites is 2. The van der Waals surface area contributed by atoms with Gasteiger partial charge in [-0.3, -0.25) is 4.57 Å². The van der Waals surface area contributed by atoms with Crippen LogP contribution in [0.1, 0.15) is 49.2 Å². The molecule has 9 heteroatoms. The van der Waals surface area contributed by atoms with Gasteiger partial charge < -0.3 is 14.0 Å². The van der Waals surface area contributed by atoms with Gasteiger partial charge in [-0.1, -0.05) is 42.1 Å². The lowest BCUT2D eigenvalue weighted by molar-refractivity contribution is 0.0821. The third kappa shape index (κ3) is 4.14. The smallest absolute Gasteiger partial charge is 0.239 e. The van der Waals surface area contributed by atoms with Gasteiger partial charge in [0.2, 0.25) is 5.89 Å². The highest BCUT2D eigenvalue weighted by atomic mass is 32.2. The number of rotatable bonds is 8. The summed E-state index contributed by atoms with van der Waals surface area (Å²) in [4.78, 5) is 4.47. The summed E-state index contributed by atoms with van der Waals surface area (Å²) in [5, 5.41) is 13.5. The zero-order valence-electron chi connectivity index (χ0n) is 16.4. The van der Waals surface area contributed by atoms with Crippen LogP contribution < -0.4 is 9.47 Å². The van der Waals surface area contributed by atoms with Gasteiger partial charge in [-0.05, 0) is 25.5 Å². The van der Waals surface area contributed by atoms with E-state index in [2.05, 4.69) is 33.8 Å². The van der Waals surface area contributed by atoms with E-state index in [0.717, 1.165) is 29.6 Å². The van der Waals surface area contributed by atoms with E-state index in [0.29, 0.717) is 30.6 Å². The summed E-state index contributed by atoms with van der Waals surface area (Å²) in [5.41, 5.74) is 0. The minimum Gasteiger partial charge on any atom is -0.485 e. The van der Waals surface area contributed by atoms with Crippen LogP contribution in [0.15, 0.2) is 46.6 Å². The fourth-order valence-electron chi connectivity index (χ4n) is 3.04. The molecule has 1 aliphatic rings. The molecule has 0 fully saturated rings. The molecular formula is C20H23N5O3S. The van der Waals surface area contributed by atoms with Gasteiger partial charge in [-0.25, -0.2) is 0 Å². The molecule has 4 rings (SSSR count). The number of allylic oxidation sites excluding steroid dienone is 1. The highest BCUT2D eigenvalue weighted by Crippen LogP contribution is 2.38. The van der Waals surface area contributed by atoms with Crippen LogP contribution in [0, 0.1) is 0 Å². The topological polar surface area (TPSA) is 88.1 Å². The normalized spacial score (nSPS) is 16.6. The van der Waals surface area contributed by atoms with Crippen molar-refractivity contribution in [3.8, 4) is 11.5 Å². The average Bonchev–Trinajstić information content (AvgIpc) is 3.36. The van der Waals surface area contributed by atoms with E-state index in [-0.39, 0.29) is 11.4 Å². The number of aryl methyl sites for hydroxylation is 1. The number of hydrogen-bond acceptors (Lipinski definition) is 8. The predicted octanol–water partition coefficient (Wildman–Crippen LogP) is 4.17. The molecule has 29 heavy (non-hydrogen) atoms. The molecular weight excluding hydrogens is 390 g/mol. The Morgan fingerprint density at radius 2 is 2.14 bits per heavy atom. The van der Waals surface area contributed by atoms with Crippen LogP contribution in [-0.4, -0.2) is 31.5 Å². The molecule has 2 unspecified atom stereocenters. The van der Waals surface area contributed by atoms with Crippen LogP contribution in [0.4, 0.5) is 0 Å². The van der Waals surface area contributed by atoms with Crippen LogP contribution in [0.5, 0.6) is 11.5 Å². The molecule has 3 heterocycles. The van der Waals surface area contributed by atoms with E-state index in [4.69, 9.17) is 14.0 Å². The molecule has 0 saturated heterocycles. The fraction of sp³-hybridized carbons (Fsp3) is 0.400. The fourth-order valence-corrected chi connectivity index (χ4v) is 3.94. The Morgan fingerprint density at radius 3 is 2.93 bits per heavy atom.